The lowest BCUT2D eigenvalue weighted by atomic mass is 9.95. The van der Waals surface area contributed by atoms with E-state index in [9.17, 15) is 4.79 Å². The zero-order valence-corrected chi connectivity index (χ0v) is 19.0. The Labute approximate surface area is 198 Å². The Morgan fingerprint density at radius 3 is 2.50 bits per heavy atom. The van der Waals surface area contributed by atoms with Crippen LogP contribution in [0.15, 0.2) is 96.5 Å². The number of hydrogen-bond donors (Lipinski definition) is 2. The zero-order valence-electron chi connectivity index (χ0n) is 19.0. The van der Waals surface area contributed by atoms with E-state index in [1.807, 2.05) is 73.7 Å². The summed E-state index contributed by atoms with van der Waals surface area (Å²) >= 11 is 0. The van der Waals surface area contributed by atoms with Crippen molar-refractivity contribution in [3.05, 3.63) is 113 Å². The molecule has 3 aromatic carbocycles. The maximum absolute atomic E-state index is 13.4. The minimum Gasteiger partial charge on any atom is -0.489 e. The molecule has 1 aliphatic heterocycles. The summed E-state index contributed by atoms with van der Waals surface area (Å²) in [4.78, 5) is 17.7. The number of allylic oxidation sites excluding steroid dienone is 1. The van der Waals surface area contributed by atoms with Crippen molar-refractivity contribution in [2.24, 2.45) is 0 Å². The molecule has 0 spiro atoms. The van der Waals surface area contributed by atoms with Crippen molar-refractivity contribution in [3.63, 3.8) is 0 Å². The van der Waals surface area contributed by atoms with Gasteiger partial charge >= 0.3 is 0 Å². The maximum Gasteiger partial charge on any atom is 0.255 e. The summed E-state index contributed by atoms with van der Waals surface area (Å²) in [5, 5.41) is 10.6. The first-order valence-electron chi connectivity index (χ1n) is 11.1. The van der Waals surface area contributed by atoms with Gasteiger partial charge in [-0.15, -0.1) is 0 Å². The Morgan fingerprint density at radius 1 is 1.00 bits per heavy atom. The number of benzene rings is 3. The molecule has 2 heterocycles. The minimum absolute atomic E-state index is 0.192. The van der Waals surface area contributed by atoms with Crippen LogP contribution in [0.1, 0.15) is 29.7 Å². The number of carbonyl (C=O) groups is 1. The van der Waals surface area contributed by atoms with Gasteiger partial charge in [0.15, 0.2) is 0 Å². The molecule has 1 amide bonds. The van der Waals surface area contributed by atoms with Crippen molar-refractivity contribution < 1.29 is 9.53 Å². The van der Waals surface area contributed by atoms with E-state index in [2.05, 4.69) is 39.8 Å². The van der Waals surface area contributed by atoms with Gasteiger partial charge in [0, 0.05) is 11.4 Å². The summed E-state index contributed by atoms with van der Waals surface area (Å²) in [5.74, 6) is 1.16. The van der Waals surface area contributed by atoms with Gasteiger partial charge in [0.2, 0.25) is 5.95 Å². The third-order valence-corrected chi connectivity index (χ3v) is 5.92. The van der Waals surface area contributed by atoms with Gasteiger partial charge in [-0.2, -0.15) is 10.1 Å². The molecule has 0 radical (unpaired) electrons. The molecule has 0 fully saturated rings. The van der Waals surface area contributed by atoms with Crippen LogP contribution in [-0.2, 0) is 11.4 Å². The first-order chi connectivity index (χ1) is 16.6. The molecule has 0 saturated carbocycles. The van der Waals surface area contributed by atoms with Gasteiger partial charge in [0.1, 0.15) is 24.7 Å². The number of fused-ring (bicyclic) bond motifs is 1. The lowest BCUT2D eigenvalue weighted by molar-refractivity contribution is -0.113. The molecule has 0 bridgehead atoms. The standard InChI is InChI=1S/C27H25N5O2/c1-18-8-6-7-9-21(18)16-34-23-14-12-20(13-15-23)25-24(19(2)30-27-28-17-29-32(25)27)26(33)31-22-10-4-3-5-11-22/h3-15,17,25H,16H2,1-2H3,(H,31,33)(H,28,29,30)/t25-/m1/s1. The second-order valence-corrected chi connectivity index (χ2v) is 8.20. The van der Waals surface area contributed by atoms with Gasteiger partial charge in [-0.25, -0.2) is 4.68 Å². The van der Waals surface area contributed by atoms with Crippen LogP contribution in [0, 0.1) is 6.92 Å². The Kier molecular flexibility index (Phi) is 5.82. The van der Waals surface area contributed by atoms with Crippen LogP contribution in [0.25, 0.3) is 0 Å². The Bertz CT molecular complexity index is 1340. The number of aromatic nitrogens is 3. The topological polar surface area (TPSA) is 81.1 Å². The minimum atomic E-state index is -0.423. The summed E-state index contributed by atoms with van der Waals surface area (Å²) in [6.07, 6.45) is 1.49. The first-order valence-corrected chi connectivity index (χ1v) is 11.1. The van der Waals surface area contributed by atoms with Crippen molar-refractivity contribution in [1.29, 1.82) is 0 Å². The van der Waals surface area contributed by atoms with Crippen molar-refractivity contribution in [1.82, 2.24) is 14.8 Å². The molecule has 1 atom stereocenters. The second kappa shape index (κ2) is 9.23. The quantitative estimate of drug-likeness (QED) is 0.427. The van der Waals surface area contributed by atoms with Crippen molar-refractivity contribution in [3.8, 4) is 5.75 Å². The normalized spacial score (nSPS) is 14.8. The lowest BCUT2D eigenvalue weighted by Gasteiger charge is -2.28. The molecule has 7 heteroatoms. The summed E-state index contributed by atoms with van der Waals surface area (Å²) < 4.78 is 7.74. The van der Waals surface area contributed by atoms with E-state index in [-0.39, 0.29) is 5.91 Å². The maximum atomic E-state index is 13.4. The molecule has 5 rings (SSSR count). The van der Waals surface area contributed by atoms with E-state index in [0.29, 0.717) is 18.1 Å². The predicted molar refractivity (Wildman–Crippen MR) is 132 cm³/mol. The number of para-hydroxylation sites is 1. The highest BCUT2D eigenvalue weighted by molar-refractivity contribution is 6.06. The van der Waals surface area contributed by atoms with Crippen LogP contribution in [0.5, 0.6) is 5.75 Å². The van der Waals surface area contributed by atoms with Crippen molar-refractivity contribution >= 4 is 17.5 Å². The average Bonchev–Trinajstić information content (AvgIpc) is 3.32. The number of nitrogens with one attached hydrogen (secondary N) is 2. The van der Waals surface area contributed by atoms with Gasteiger partial charge in [0.05, 0.1) is 5.57 Å². The number of anilines is 2. The zero-order chi connectivity index (χ0) is 23.5. The summed E-state index contributed by atoms with van der Waals surface area (Å²) in [6.45, 7) is 4.45. The van der Waals surface area contributed by atoms with E-state index >= 15 is 0 Å². The number of hydrogen-bond acceptors (Lipinski definition) is 5. The monoisotopic (exact) mass is 451 g/mol. The third-order valence-electron chi connectivity index (χ3n) is 5.92. The van der Waals surface area contributed by atoms with Gasteiger partial charge in [-0.1, -0.05) is 54.6 Å². The van der Waals surface area contributed by atoms with Crippen LogP contribution in [-0.4, -0.2) is 20.7 Å². The van der Waals surface area contributed by atoms with Gasteiger partial charge in [-0.3, -0.25) is 4.79 Å². The van der Waals surface area contributed by atoms with E-state index in [4.69, 9.17) is 4.74 Å². The molecular formula is C27H25N5O2. The van der Waals surface area contributed by atoms with Gasteiger partial charge in [-0.05, 0) is 54.8 Å². The molecule has 0 aliphatic carbocycles. The highest BCUT2D eigenvalue weighted by Gasteiger charge is 2.33. The molecule has 1 aliphatic rings. The fraction of sp³-hybridized carbons (Fsp3) is 0.148. The molecular weight excluding hydrogens is 426 g/mol. The van der Waals surface area contributed by atoms with E-state index in [0.717, 1.165) is 28.3 Å². The summed E-state index contributed by atoms with van der Waals surface area (Å²) in [7, 11) is 0. The predicted octanol–water partition coefficient (Wildman–Crippen LogP) is 5.09. The number of ether oxygens (including phenoxy) is 1. The number of aryl methyl sites for hydroxylation is 1. The lowest BCUT2D eigenvalue weighted by Crippen LogP contribution is -2.31. The molecule has 7 nitrogen and oxygen atoms in total. The highest BCUT2D eigenvalue weighted by Crippen LogP contribution is 2.35. The SMILES string of the molecule is CC1=C(C(=O)Nc2ccccc2)[C@@H](c2ccc(OCc3ccccc3C)cc2)n2ncnc2N1. The number of rotatable bonds is 6. The fourth-order valence-electron chi connectivity index (χ4n) is 4.09. The largest absolute Gasteiger partial charge is 0.489 e. The Hall–Kier alpha value is -4.39. The summed E-state index contributed by atoms with van der Waals surface area (Å²) in [6, 6.07) is 24.9. The molecule has 170 valence electrons. The highest BCUT2D eigenvalue weighted by atomic mass is 16.5. The Balaban J connectivity index is 1.42. The average molecular weight is 452 g/mol. The van der Waals surface area contributed by atoms with E-state index in [1.54, 1.807) is 4.68 Å². The number of carbonyl (C=O) groups excluding carboxylic acids is 1. The molecule has 0 unspecified atom stereocenters. The van der Waals surface area contributed by atoms with Crippen molar-refractivity contribution in [2.75, 3.05) is 10.6 Å². The molecule has 4 aromatic rings. The van der Waals surface area contributed by atoms with Crippen LogP contribution < -0.4 is 15.4 Å². The van der Waals surface area contributed by atoms with Crippen LogP contribution in [0.4, 0.5) is 11.6 Å². The second-order valence-electron chi connectivity index (χ2n) is 8.20. The van der Waals surface area contributed by atoms with Crippen molar-refractivity contribution in [2.45, 2.75) is 26.5 Å². The molecule has 1 aromatic heterocycles. The third kappa shape index (κ3) is 4.28. The summed E-state index contributed by atoms with van der Waals surface area (Å²) in [5.41, 5.74) is 5.30. The first kappa shape index (κ1) is 21.5. The molecule has 34 heavy (non-hydrogen) atoms. The van der Waals surface area contributed by atoms with E-state index in [1.165, 1.54) is 11.9 Å². The Morgan fingerprint density at radius 2 is 1.74 bits per heavy atom. The van der Waals surface area contributed by atoms with Crippen LogP contribution in [0.3, 0.4) is 0 Å². The van der Waals surface area contributed by atoms with Crippen LogP contribution >= 0.6 is 0 Å². The smallest absolute Gasteiger partial charge is 0.255 e. The number of nitrogens with zero attached hydrogens (tertiary/aromatic N) is 3. The van der Waals surface area contributed by atoms with Gasteiger partial charge < -0.3 is 15.4 Å². The molecule has 0 saturated heterocycles. The van der Waals surface area contributed by atoms with E-state index < -0.39 is 6.04 Å². The van der Waals surface area contributed by atoms with Crippen LogP contribution in [0.2, 0.25) is 0 Å². The molecule has 2 N–H and O–H groups in total. The number of amides is 1. The fourth-order valence-corrected chi connectivity index (χ4v) is 4.09. The van der Waals surface area contributed by atoms with Gasteiger partial charge in [0.25, 0.3) is 5.91 Å².